The number of nitrogens with zero attached hydrogens (tertiary/aromatic N) is 1. The number of carbonyl (C=O) groups is 1. The molecule has 4 N–H and O–H groups in total. The van der Waals surface area contributed by atoms with Crippen molar-refractivity contribution in [3.63, 3.8) is 0 Å². The van der Waals surface area contributed by atoms with E-state index in [9.17, 15) is 9.90 Å². The fraction of sp³-hybridized carbons (Fsp3) is 0.333. The van der Waals surface area contributed by atoms with Crippen LogP contribution in [0.2, 0.25) is 0 Å². The molecule has 3 rings (SSSR count). The number of halogens is 1. The first kappa shape index (κ1) is 16.3. The molecule has 1 aromatic heterocycles. The maximum atomic E-state index is 12.2. The van der Waals surface area contributed by atoms with Crippen molar-refractivity contribution >= 4 is 18.3 Å². The summed E-state index contributed by atoms with van der Waals surface area (Å²) in [5.41, 5.74) is 3.59. The highest BCUT2D eigenvalue weighted by Crippen LogP contribution is 2.15. The predicted molar refractivity (Wildman–Crippen MR) is 85.4 cm³/mol. The van der Waals surface area contributed by atoms with Gasteiger partial charge < -0.3 is 15.7 Å². The van der Waals surface area contributed by atoms with E-state index >= 15 is 0 Å². The van der Waals surface area contributed by atoms with E-state index in [1.54, 1.807) is 12.1 Å². The molecule has 7 heteroatoms. The third-order valence-corrected chi connectivity index (χ3v) is 3.66. The third kappa shape index (κ3) is 3.58. The van der Waals surface area contributed by atoms with Crippen LogP contribution in [0.1, 0.15) is 27.3 Å². The van der Waals surface area contributed by atoms with Gasteiger partial charge in [-0.2, -0.15) is 5.10 Å². The number of aromatic hydroxyl groups is 1. The van der Waals surface area contributed by atoms with E-state index in [0.29, 0.717) is 18.8 Å². The van der Waals surface area contributed by atoms with Crippen LogP contribution in [0.25, 0.3) is 0 Å². The van der Waals surface area contributed by atoms with Gasteiger partial charge >= 0.3 is 0 Å². The van der Waals surface area contributed by atoms with Gasteiger partial charge in [-0.1, -0.05) is 12.1 Å². The van der Waals surface area contributed by atoms with Crippen molar-refractivity contribution < 1.29 is 9.90 Å². The first-order chi connectivity index (χ1) is 10.2. The number of hydrogen-bond acceptors (Lipinski definition) is 4. The first-order valence-electron chi connectivity index (χ1n) is 7.07. The number of amides is 1. The monoisotopic (exact) mass is 322 g/mol. The van der Waals surface area contributed by atoms with Crippen LogP contribution in [-0.2, 0) is 19.4 Å². The Hall–Kier alpha value is -2.05. The summed E-state index contributed by atoms with van der Waals surface area (Å²) in [6.45, 7) is 2.14. The van der Waals surface area contributed by atoms with E-state index in [4.69, 9.17) is 0 Å². The molecule has 1 aromatic carbocycles. The lowest BCUT2D eigenvalue weighted by molar-refractivity contribution is 0.0948. The molecule has 2 aromatic rings. The van der Waals surface area contributed by atoms with Gasteiger partial charge in [0.1, 0.15) is 5.75 Å². The molecule has 118 valence electrons. The molecule has 0 saturated carbocycles. The van der Waals surface area contributed by atoms with Gasteiger partial charge in [0.05, 0.1) is 0 Å². The molecule has 2 heterocycles. The fourth-order valence-corrected chi connectivity index (χ4v) is 2.48. The normalized spacial score (nSPS) is 13.1. The van der Waals surface area contributed by atoms with Gasteiger partial charge in [-0.05, 0) is 24.1 Å². The van der Waals surface area contributed by atoms with Gasteiger partial charge in [-0.15, -0.1) is 12.4 Å². The zero-order chi connectivity index (χ0) is 14.7. The van der Waals surface area contributed by atoms with Crippen molar-refractivity contribution in [2.45, 2.75) is 19.4 Å². The maximum absolute atomic E-state index is 12.2. The lowest BCUT2D eigenvalue weighted by Gasteiger charge is -2.12. The second-order valence-electron chi connectivity index (χ2n) is 5.13. The Balaban J connectivity index is 0.00000176. The summed E-state index contributed by atoms with van der Waals surface area (Å²) < 4.78 is 0. The Morgan fingerprint density at radius 1 is 1.32 bits per heavy atom. The lowest BCUT2D eigenvalue weighted by Crippen LogP contribution is -2.29. The number of phenolic OH excluding ortho intramolecular Hbond substituents is 1. The summed E-state index contributed by atoms with van der Waals surface area (Å²) in [5, 5.41) is 22.4. The maximum Gasteiger partial charge on any atom is 0.272 e. The molecule has 0 radical (unpaired) electrons. The Bertz CT molecular complexity index is 639. The molecule has 0 bridgehead atoms. The molecule has 0 aliphatic carbocycles. The minimum absolute atomic E-state index is 0. The van der Waals surface area contributed by atoms with E-state index in [2.05, 4.69) is 20.8 Å². The largest absolute Gasteiger partial charge is 0.508 e. The standard InChI is InChI=1S/C15H18N4O2.ClH/c20-11-3-1-10(2-4-11)5-8-17-15(21)14-12-9-16-7-6-13(12)18-19-14;/h1-4,16,20H,5-9H2,(H,17,21)(H,18,19);1H. The van der Waals surface area contributed by atoms with Gasteiger partial charge in [0.2, 0.25) is 0 Å². The lowest BCUT2D eigenvalue weighted by atomic mass is 10.1. The number of nitrogens with one attached hydrogen (secondary N) is 3. The number of fused-ring (bicyclic) bond motifs is 1. The Morgan fingerprint density at radius 2 is 2.09 bits per heavy atom. The smallest absolute Gasteiger partial charge is 0.272 e. The zero-order valence-corrected chi connectivity index (χ0v) is 12.9. The second-order valence-corrected chi connectivity index (χ2v) is 5.13. The Kier molecular flexibility index (Phi) is 5.41. The fourth-order valence-electron chi connectivity index (χ4n) is 2.48. The van der Waals surface area contributed by atoms with Crippen LogP contribution in [-0.4, -0.2) is 34.3 Å². The number of aromatic amines is 1. The highest BCUT2D eigenvalue weighted by atomic mass is 35.5. The summed E-state index contributed by atoms with van der Waals surface area (Å²) in [5.74, 6) is 0.105. The highest BCUT2D eigenvalue weighted by Gasteiger charge is 2.20. The second kappa shape index (κ2) is 7.29. The number of rotatable bonds is 4. The number of carbonyl (C=O) groups excluding carboxylic acids is 1. The zero-order valence-electron chi connectivity index (χ0n) is 12.1. The number of hydrogen-bond donors (Lipinski definition) is 4. The van der Waals surface area contributed by atoms with Crippen molar-refractivity contribution in [1.29, 1.82) is 0 Å². The SMILES string of the molecule is Cl.O=C(NCCc1ccc(O)cc1)c1n[nH]c2c1CNCC2. The van der Waals surface area contributed by atoms with Gasteiger partial charge in [-0.25, -0.2) is 0 Å². The summed E-state index contributed by atoms with van der Waals surface area (Å²) in [6.07, 6.45) is 1.60. The van der Waals surface area contributed by atoms with Crippen LogP contribution < -0.4 is 10.6 Å². The van der Waals surface area contributed by atoms with Crippen molar-refractivity contribution in [3.05, 3.63) is 46.8 Å². The summed E-state index contributed by atoms with van der Waals surface area (Å²) >= 11 is 0. The van der Waals surface area contributed by atoms with Crippen LogP contribution in [0, 0.1) is 0 Å². The number of H-pyrrole nitrogens is 1. The van der Waals surface area contributed by atoms with Gasteiger partial charge in [0.25, 0.3) is 5.91 Å². The Labute approximate surface area is 134 Å². The molecule has 1 amide bonds. The summed E-state index contributed by atoms with van der Waals surface area (Å²) in [4.78, 5) is 12.2. The average Bonchev–Trinajstić information content (AvgIpc) is 2.93. The highest BCUT2D eigenvalue weighted by molar-refractivity contribution is 5.94. The molecule has 0 unspecified atom stereocenters. The number of benzene rings is 1. The minimum atomic E-state index is -0.144. The van der Waals surface area contributed by atoms with E-state index in [1.165, 1.54) is 0 Å². The van der Waals surface area contributed by atoms with E-state index in [-0.39, 0.29) is 24.1 Å². The van der Waals surface area contributed by atoms with Gasteiger partial charge in [0, 0.05) is 37.3 Å². The van der Waals surface area contributed by atoms with Crippen molar-refractivity contribution in [1.82, 2.24) is 20.8 Å². The predicted octanol–water partition coefficient (Wildman–Crippen LogP) is 1.16. The molecule has 0 atom stereocenters. The molecule has 6 nitrogen and oxygen atoms in total. The number of aromatic nitrogens is 2. The van der Waals surface area contributed by atoms with Gasteiger partial charge in [0.15, 0.2) is 5.69 Å². The van der Waals surface area contributed by atoms with E-state index in [0.717, 1.165) is 36.2 Å². The van der Waals surface area contributed by atoms with E-state index < -0.39 is 0 Å². The molecule has 1 aliphatic rings. The van der Waals surface area contributed by atoms with Crippen LogP contribution in [0.3, 0.4) is 0 Å². The van der Waals surface area contributed by atoms with Crippen molar-refractivity contribution in [2.24, 2.45) is 0 Å². The van der Waals surface area contributed by atoms with E-state index in [1.807, 2.05) is 12.1 Å². The molecular weight excluding hydrogens is 304 g/mol. The average molecular weight is 323 g/mol. The first-order valence-corrected chi connectivity index (χ1v) is 7.07. The quantitative estimate of drug-likeness (QED) is 0.680. The summed E-state index contributed by atoms with van der Waals surface area (Å²) in [7, 11) is 0. The molecule has 22 heavy (non-hydrogen) atoms. The van der Waals surface area contributed by atoms with Crippen LogP contribution in [0.4, 0.5) is 0 Å². The van der Waals surface area contributed by atoms with Crippen molar-refractivity contribution in [2.75, 3.05) is 13.1 Å². The number of phenols is 1. The third-order valence-electron chi connectivity index (χ3n) is 3.66. The molecular formula is C15H19ClN4O2. The Morgan fingerprint density at radius 3 is 2.86 bits per heavy atom. The minimum Gasteiger partial charge on any atom is -0.508 e. The van der Waals surface area contributed by atoms with Crippen LogP contribution in [0.15, 0.2) is 24.3 Å². The van der Waals surface area contributed by atoms with Crippen LogP contribution >= 0.6 is 12.4 Å². The molecule has 1 aliphatic heterocycles. The van der Waals surface area contributed by atoms with Crippen LogP contribution in [0.5, 0.6) is 5.75 Å². The van der Waals surface area contributed by atoms with Crippen molar-refractivity contribution in [3.8, 4) is 5.75 Å². The van der Waals surface area contributed by atoms with Gasteiger partial charge in [-0.3, -0.25) is 9.89 Å². The molecule has 0 spiro atoms. The molecule has 0 fully saturated rings. The topological polar surface area (TPSA) is 90.0 Å². The molecule has 0 saturated heterocycles. The summed E-state index contributed by atoms with van der Waals surface area (Å²) in [6, 6.07) is 6.99.